The molecule has 2 N–H and O–H groups in total. The summed E-state index contributed by atoms with van der Waals surface area (Å²) in [6.45, 7) is 1.51. The Morgan fingerprint density at radius 3 is 2.50 bits per heavy atom. The van der Waals surface area contributed by atoms with Gasteiger partial charge in [-0.15, -0.1) is 0 Å². The van der Waals surface area contributed by atoms with E-state index in [0.717, 1.165) is 25.9 Å². The topological polar surface area (TPSA) is 46.3 Å². The van der Waals surface area contributed by atoms with Crippen molar-refractivity contribution in [1.29, 1.82) is 0 Å². The molecule has 1 heterocycles. The van der Waals surface area contributed by atoms with Crippen LogP contribution >= 0.6 is 0 Å². The van der Waals surface area contributed by atoms with E-state index < -0.39 is 0 Å². The van der Waals surface area contributed by atoms with Crippen LogP contribution in [0, 0.1) is 5.92 Å². The minimum atomic E-state index is 0.0800. The SMILES string of the molecule is N[C@@H]1CN(C(=O)C2CCC2)C[C@H]1c1ccccc1. The largest absolute Gasteiger partial charge is 0.340 e. The zero-order chi connectivity index (χ0) is 12.5. The van der Waals surface area contributed by atoms with Crippen molar-refractivity contribution in [3.63, 3.8) is 0 Å². The molecular formula is C15H20N2O. The molecule has 1 aliphatic heterocycles. The third-order valence-electron chi connectivity index (χ3n) is 4.36. The summed E-state index contributed by atoms with van der Waals surface area (Å²) in [5.41, 5.74) is 7.46. The maximum Gasteiger partial charge on any atom is 0.225 e. The van der Waals surface area contributed by atoms with Crippen LogP contribution in [0.1, 0.15) is 30.7 Å². The molecule has 2 fully saturated rings. The Morgan fingerprint density at radius 2 is 1.89 bits per heavy atom. The Bertz CT molecular complexity index is 427. The van der Waals surface area contributed by atoms with E-state index >= 15 is 0 Å². The fraction of sp³-hybridized carbons (Fsp3) is 0.533. The molecule has 0 aromatic heterocycles. The summed E-state index contributed by atoms with van der Waals surface area (Å²) in [7, 11) is 0. The van der Waals surface area contributed by atoms with Crippen LogP contribution in [0.5, 0.6) is 0 Å². The number of rotatable bonds is 2. The van der Waals surface area contributed by atoms with Crippen molar-refractivity contribution in [1.82, 2.24) is 4.90 Å². The second kappa shape index (κ2) is 4.73. The lowest BCUT2D eigenvalue weighted by atomic mass is 9.84. The first-order valence-electron chi connectivity index (χ1n) is 6.85. The van der Waals surface area contributed by atoms with Crippen molar-refractivity contribution in [3.05, 3.63) is 35.9 Å². The summed E-state index contributed by atoms with van der Waals surface area (Å²) in [5.74, 6) is 0.914. The van der Waals surface area contributed by atoms with Gasteiger partial charge < -0.3 is 10.6 Å². The molecule has 0 unspecified atom stereocenters. The van der Waals surface area contributed by atoms with Crippen molar-refractivity contribution < 1.29 is 4.79 Å². The molecule has 1 aromatic rings. The molecular weight excluding hydrogens is 224 g/mol. The fourth-order valence-corrected chi connectivity index (χ4v) is 2.98. The lowest BCUT2D eigenvalue weighted by molar-refractivity contribution is -0.137. The van der Waals surface area contributed by atoms with Gasteiger partial charge in [0, 0.05) is 31.0 Å². The molecule has 2 aliphatic rings. The molecule has 1 saturated heterocycles. The monoisotopic (exact) mass is 244 g/mol. The van der Waals surface area contributed by atoms with Gasteiger partial charge in [-0.25, -0.2) is 0 Å². The van der Waals surface area contributed by atoms with Crippen molar-refractivity contribution in [2.75, 3.05) is 13.1 Å². The number of carbonyl (C=O) groups excluding carboxylic acids is 1. The Morgan fingerprint density at radius 1 is 1.17 bits per heavy atom. The second-order valence-electron chi connectivity index (χ2n) is 5.55. The summed E-state index contributed by atoms with van der Waals surface area (Å²) in [6, 6.07) is 10.4. The van der Waals surface area contributed by atoms with E-state index in [1.807, 2.05) is 23.1 Å². The molecule has 0 radical (unpaired) electrons. The number of amides is 1. The summed E-state index contributed by atoms with van der Waals surface area (Å²) in [4.78, 5) is 14.2. The highest BCUT2D eigenvalue weighted by atomic mass is 16.2. The molecule has 2 atom stereocenters. The summed E-state index contributed by atoms with van der Waals surface area (Å²) in [5, 5.41) is 0. The summed E-state index contributed by atoms with van der Waals surface area (Å²) >= 11 is 0. The lowest BCUT2D eigenvalue weighted by Gasteiger charge is -2.29. The molecule has 3 nitrogen and oxygen atoms in total. The highest BCUT2D eigenvalue weighted by Crippen LogP contribution is 2.32. The van der Waals surface area contributed by atoms with Gasteiger partial charge in [0.25, 0.3) is 0 Å². The van der Waals surface area contributed by atoms with Crippen molar-refractivity contribution in [2.45, 2.75) is 31.2 Å². The average Bonchev–Trinajstić information content (AvgIpc) is 2.70. The maximum absolute atomic E-state index is 12.2. The van der Waals surface area contributed by atoms with E-state index in [1.54, 1.807) is 0 Å². The third kappa shape index (κ3) is 2.03. The van der Waals surface area contributed by atoms with E-state index in [1.165, 1.54) is 12.0 Å². The predicted molar refractivity (Wildman–Crippen MR) is 71.1 cm³/mol. The third-order valence-corrected chi connectivity index (χ3v) is 4.36. The van der Waals surface area contributed by atoms with E-state index in [2.05, 4.69) is 12.1 Å². The van der Waals surface area contributed by atoms with Crippen LogP contribution < -0.4 is 5.73 Å². The first kappa shape index (κ1) is 11.7. The van der Waals surface area contributed by atoms with Gasteiger partial charge in [0.15, 0.2) is 0 Å². The van der Waals surface area contributed by atoms with Crippen LogP contribution in [0.3, 0.4) is 0 Å². The fourth-order valence-electron chi connectivity index (χ4n) is 2.98. The van der Waals surface area contributed by atoms with Gasteiger partial charge in [0.1, 0.15) is 0 Å². The molecule has 3 rings (SSSR count). The normalized spacial score (nSPS) is 28.2. The van der Waals surface area contributed by atoms with Crippen LogP contribution in [-0.2, 0) is 4.79 Å². The Labute approximate surface area is 108 Å². The molecule has 0 bridgehead atoms. The van der Waals surface area contributed by atoms with Gasteiger partial charge in [-0.1, -0.05) is 36.8 Å². The Balaban J connectivity index is 1.70. The molecule has 0 spiro atoms. The van der Waals surface area contributed by atoms with Crippen molar-refractivity contribution >= 4 is 5.91 Å². The number of nitrogens with two attached hydrogens (primary N) is 1. The minimum absolute atomic E-state index is 0.0800. The Hall–Kier alpha value is -1.35. The summed E-state index contributed by atoms with van der Waals surface area (Å²) in [6.07, 6.45) is 3.35. The van der Waals surface area contributed by atoms with Crippen LogP contribution in [0.2, 0.25) is 0 Å². The molecule has 96 valence electrons. The smallest absolute Gasteiger partial charge is 0.225 e. The number of nitrogens with zero attached hydrogens (tertiary/aromatic N) is 1. The van der Waals surface area contributed by atoms with Gasteiger partial charge in [-0.2, -0.15) is 0 Å². The summed E-state index contributed by atoms with van der Waals surface area (Å²) < 4.78 is 0. The van der Waals surface area contributed by atoms with Crippen LogP contribution in [0.15, 0.2) is 30.3 Å². The minimum Gasteiger partial charge on any atom is -0.340 e. The molecule has 1 aromatic carbocycles. The van der Waals surface area contributed by atoms with Crippen LogP contribution in [0.4, 0.5) is 0 Å². The van der Waals surface area contributed by atoms with Gasteiger partial charge in [-0.05, 0) is 18.4 Å². The number of benzene rings is 1. The zero-order valence-electron chi connectivity index (χ0n) is 10.6. The van der Waals surface area contributed by atoms with E-state index in [0.29, 0.717) is 11.8 Å². The van der Waals surface area contributed by atoms with E-state index in [-0.39, 0.29) is 12.0 Å². The van der Waals surface area contributed by atoms with Crippen LogP contribution in [-0.4, -0.2) is 29.9 Å². The predicted octanol–water partition coefficient (Wildman–Crippen LogP) is 1.74. The van der Waals surface area contributed by atoms with E-state index in [9.17, 15) is 4.79 Å². The maximum atomic E-state index is 12.2. The molecule has 18 heavy (non-hydrogen) atoms. The second-order valence-corrected chi connectivity index (χ2v) is 5.55. The highest BCUT2D eigenvalue weighted by Gasteiger charge is 2.37. The zero-order valence-corrected chi connectivity index (χ0v) is 10.6. The molecule has 1 amide bonds. The van der Waals surface area contributed by atoms with E-state index in [4.69, 9.17) is 5.73 Å². The quantitative estimate of drug-likeness (QED) is 0.861. The lowest BCUT2D eigenvalue weighted by Crippen LogP contribution is -2.38. The van der Waals surface area contributed by atoms with Gasteiger partial charge in [0.2, 0.25) is 5.91 Å². The standard InChI is InChI=1S/C15H20N2O/c16-14-10-17(15(18)12-7-4-8-12)9-13(14)11-5-2-1-3-6-11/h1-3,5-6,12-14H,4,7-10,16H2/t13-,14+/m0/s1. The first-order chi connectivity index (χ1) is 8.75. The molecule has 1 aliphatic carbocycles. The Kier molecular flexibility index (Phi) is 3.08. The van der Waals surface area contributed by atoms with Gasteiger partial charge >= 0.3 is 0 Å². The van der Waals surface area contributed by atoms with Gasteiger partial charge in [-0.3, -0.25) is 4.79 Å². The van der Waals surface area contributed by atoms with Gasteiger partial charge in [0.05, 0.1) is 0 Å². The van der Waals surface area contributed by atoms with Crippen molar-refractivity contribution in [3.8, 4) is 0 Å². The molecule has 1 saturated carbocycles. The number of hydrogen-bond acceptors (Lipinski definition) is 2. The van der Waals surface area contributed by atoms with Crippen LogP contribution in [0.25, 0.3) is 0 Å². The first-order valence-corrected chi connectivity index (χ1v) is 6.85. The number of carbonyl (C=O) groups is 1. The average molecular weight is 244 g/mol. The highest BCUT2D eigenvalue weighted by molar-refractivity contribution is 5.80. The van der Waals surface area contributed by atoms with Crippen molar-refractivity contribution in [2.24, 2.45) is 11.7 Å². The number of likely N-dealkylation sites (tertiary alicyclic amines) is 1. The molecule has 3 heteroatoms. The number of hydrogen-bond donors (Lipinski definition) is 1.